The summed E-state index contributed by atoms with van der Waals surface area (Å²) in [5, 5.41) is 23.7. The highest BCUT2D eigenvalue weighted by atomic mass is 16.3. The molecule has 1 heterocycles. The van der Waals surface area contributed by atoms with E-state index in [-0.39, 0.29) is 6.61 Å². The molecule has 0 radical (unpaired) electrons. The van der Waals surface area contributed by atoms with Crippen molar-refractivity contribution in [3.05, 3.63) is 41.6 Å². The zero-order chi connectivity index (χ0) is 14.7. The van der Waals surface area contributed by atoms with Gasteiger partial charge in [0.15, 0.2) is 0 Å². The van der Waals surface area contributed by atoms with Crippen molar-refractivity contribution < 1.29 is 10.2 Å². The molecule has 5 heteroatoms. The van der Waals surface area contributed by atoms with E-state index in [1.54, 1.807) is 6.92 Å². The van der Waals surface area contributed by atoms with Crippen LogP contribution >= 0.6 is 0 Å². The number of benzene rings is 1. The maximum Gasteiger partial charge on any atom is 0.138 e. The van der Waals surface area contributed by atoms with Crippen molar-refractivity contribution in [3.8, 4) is 5.69 Å². The predicted molar refractivity (Wildman–Crippen MR) is 79.2 cm³/mol. The lowest BCUT2D eigenvalue weighted by molar-refractivity contribution is 0.201. The molecular formula is C15H21N3O2. The minimum atomic E-state index is -0.453. The zero-order valence-electron chi connectivity index (χ0n) is 12.1. The predicted octanol–water partition coefficient (Wildman–Crippen LogP) is 1.49. The van der Waals surface area contributed by atoms with Gasteiger partial charge in [0.05, 0.1) is 24.1 Å². The Kier molecular flexibility index (Phi) is 4.42. The van der Waals surface area contributed by atoms with E-state index in [0.717, 1.165) is 22.8 Å². The van der Waals surface area contributed by atoms with Gasteiger partial charge >= 0.3 is 0 Å². The Hall–Kier alpha value is -1.85. The first-order valence-electron chi connectivity index (χ1n) is 6.68. The van der Waals surface area contributed by atoms with Crippen molar-refractivity contribution in [2.75, 3.05) is 18.5 Å². The van der Waals surface area contributed by atoms with Crippen molar-refractivity contribution in [1.82, 2.24) is 9.78 Å². The highest BCUT2D eigenvalue weighted by Crippen LogP contribution is 2.26. The smallest absolute Gasteiger partial charge is 0.138 e. The number of likely N-dealkylation sites (N-methyl/N-ethyl adjacent to an activating group) is 1. The second kappa shape index (κ2) is 6.07. The number of aryl methyl sites for hydroxylation is 1. The average Bonchev–Trinajstić information content (AvgIpc) is 2.75. The SMILES string of the molecule is Cc1nn(-c2ccccc2)c(N(C)CC(C)O)c1CO. The number of nitrogens with zero attached hydrogens (tertiary/aromatic N) is 3. The topological polar surface area (TPSA) is 61.5 Å². The summed E-state index contributed by atoms with van der Waals surface area (Å²) in [6, 6.07) is 9.78. The van der Waals surface area contributed by atoms with E-state index in [1.165, 1.54) is 0 Å². The van der Waals surface area contributed by atoms with Gasteiger partial charge in [0.1, 0.15) is 5.82 Å². The number of anilines is 1. The summed E-state index contributed by atoms with van der Waals surface area (Å²) in [6.07, 6.45) is -0.453. The second-order valence-corrected chi connectivity index (χ2v) is 5.02. The van der Waals surface area contributed by atoms with E-state index in [2.05, 4.69) is 5.10 Å². The Balaban J connectivity index is 2.52. The Morgan fingerprint density at radius 2 is 1.95 bits per heavy atom. The molecule has 0 amide bonds. The van der Waals surface area contributed by atoms with E-state index in [1.807, 2.05) is 53.9 Å². The fraction of sp³-hybridized carbons (Fsp3) is 0.400. The van der Waals surface area contributed by atoms with Crippen molar-refractivity contribution in [3.63, 3.8) is 0 Å². The summed E-state index contributed by atoms with van der Waals surface area (Å²) in [4.78, 5) is 1.92. The van der Waals surface area contributed by atoms with Crippen molar-refractivity contribution in [2.24, 2.45) is 0 Å². The fourth-order valence-electron chi connectivity index (χ4n) is 2.36. The molecule has 1 aromatic carbocycles. The van der Waals surface area contributed by atoms with Crippen LogP contribution in [0.1, 0.15) is 18.2 Å². The van der Waals surface area contributed by atoms with Gasteiger partial charge in [0.25, 0.3) is 0 Å². The van der Waals surface area contributed by atoms with E-state index < -0.39 is 6.10 Å². The van der Waals surface area contributed by atoms with Gasteiger partial charge in [-0.05, 0) is 26.0 Å². The number of para-hydroxylation sites is 1. The first-order valence-corrected chi connectivity index (χ1v) is 6.68. The average molecular weight is 275 g/mol. The number of hydrogen-bond acceptors (Lipinski definition) is 4. The third-order valence-electron chi connectivity index (χ3n) is 3.22. The maximum absolute atomic E-state index is 9.60. The summed E-state index contributed by atoms with van der Waals surface area (Å²) in [5.74, 6) is 0.817. The largest absolute Gasteiger partial charge is 0.392 e. The number of rotatable bonds is 5. The molecule has 5 nitrogen and oxygen atoms in total. The molecule has 0 bridgehead atoms. The Morgan fingerprint density at radius 3 is 2.50 bits per heavy atom. The monoisotopic (exact) mass is 275 g/mol. The summed E-state index contributed by atoms with van der Waals surface area (Å²) in [5.41, 5.74) is 2.52. The van der Waals surface area contributed by atoms with Crippen LogP contribution in [0.2, 0.25) is 0 Å². The summed E-state index contributed by atoms with van der Waals surface area (Å²) in [6.45, 7) is 4.03. The molecule has 0 aliphatic carbocycles. The molecule has 2 aromatic rings. The van der Waals surface area contributed by atoms with Gasteiger partial charge in [-0.15, -0.1) is 0 Å². The number of aromatic nitrogens is 2. The van der Waals surface area contributed by atoms with Crippen LogP contribution in [0.3, 0.4) is 0 Å². The highest BCUT2D eigenvalue weighted by Gasteiger charge is 2.19. The first kappa shape index (κ1) is 14.6. The molecule has 0 saturated heterocycles. The zero-order valence-corrected chi connectivity index (χ0v) is 12.1. The number of hydrogen-bond donors (Lipinski definition) is 2. The van der Waals surface area contributed by atoms with E-state index in [9.17, 15) is 10.2 Å². The van der Waals surface area contributed by atoms with Crippen LogP contribution in [0.25, 0.3) is 5.69 Å². The fourth-order valence-corrected chi connectivity index (χ4v) is 2.36. The van der Waals surface area contributed by atoms with E-state index in [0.29, 0.717) is 6.54 Å². The lowest BCUT2D eigenvalue weighted by Crippen LogP contribution is -2.29. The van der Waals surface area contributed by atoms with Crippen molar-refractivity contribution in [2.45, 2.75) is 26.6 Å². The van der Waals surface area contributed by atoms with E-state index in [4.69, 9.17) is 0 Å². The molecule has 108 valence electrons. The van der Waals surface area contributed by atoms with Gasteiger partial charge in [0, 0.05) is 19.2 Å². The van der Waals surface area contributed by atoms with Crippen LogP contribution in [0, 0.1) is 6.92 Å². The number of aliphatic hydroxyl groups is 2. The molecule has 0 saturated carbocycles. The minimum Gasteiger partial charge on any atom is -0.392 e. The second-order valence-electron chi connectivity index (χ2n) is 5.02. The molecule has 0 aliphatic rings. The highest BCUT2D eigenvalue weighted by molar-refractivity contribution is 5.54. The Labute approximate surface area is 119 Å². The quantitative estimate of drug-likeness (QED) is 0.868. The van der Waals surface area contributed by atoms with Gasteiger partial charge < -0.3 is 15.1 Å². The molecule has 0 fully saturated rings. The molecule has 20 heavy (non-hydrogen) atoms. The van der Waals surface area contributed by atoms with E-state index >= 15 is 0 Å². The third-order valence-corrected chi connectivity index (χ3v) is 3.22. The molecule has 0 aliphatic heterocycles. The van der Waals surface area contributed by atoms with Gasteiger partial charge in [-0.1, -0.05) is 18.2 Å². The number of aliphatic hydroxyl groups excluding tert-OH is 2. The molecular weight excluding hydrogens is 254 g/mol. The summed E-state index contributed by atoms with van der Waals surface area (Å²) >= 11 is 0. The maximum atomic E-state index is 9.60. The first-order chi connectivity index (χ1) is 9.54. The lowest BCUT2D eigenvalue weighted by Gasteiger charge is -2.23. The molecule has 1 aromatic heterocycles. The normalized spacial score (nSPS) is 12.4. The minimum absolute atomic E-state index is 0.0713. The van der Waals surface area contributed by atoms with Crippen LogP contribution in [0.4, 0.5) is 5.82 Å². The third kappa shape index (κ3) is 2.84. The molecule has 1 atom stereocenters. The summed E-state index contributed by atoms with van der Waals surface area (Å²) in [7, 11) is 1.89. The Bertz CT molecular complexity index is 564. The van der Waals surface area contributed by atoms with Crippen LogP contribution in [0.15, 0.2) is 30.3 Å². The molecule has 2 rings (SSSR count). The van der Waals surface area contributed by atoms with Crippen LogP contribution in [-0.4, -0.2) is 39.7 Å². The van der Waals surface area contributed by atoms with Crippen LogP contribution < -0.4 is 4.90 Å². The van der Waals surface area contributed by atoms with Gasteiger partial charge in [-0.25, -0.2) is 4.68 Å². The van der Waals surface area contributed by atoms with Gasteiger partial charge in [-0.2, -0.15) is 5.10 Å². The van der Waals surface area contributed by atoms with Crippen LogP contribution in [-0.2, 0) is 6.61 Å². The molecule has 2 N–H and O–H groups in total. The van der Waals surface area contributed by atoms with Crippen LogP contribution in [0.5, 0.6) is 0 Å². The lowest BCUT2D eigenvalue weighted by atomic mass is 10.2. The van der Waals surface area contributed by atoms with Gasteiger partial charge in [0.2, 0.25) is 0 Å². The van der Waals surface area contributed by atoms with Gasteiger partial charge in [-0.3, -0.25) is 0 Å². The van der Waals surface area contributed by atoms with Crippen molar-refractivity contribution >= 4 is 5.82 Å². The summed E-state index contributed by atoms with van der Waals surface area (Å²) < 4.78 is 1.81. The molecule has 0 spiro atoms. The Morgan fingerprint density at radius 1 is 1.30 bits per heavy atom. The van der Waals surface area contributed by atoms with Crippen molar-refractivity contribution in [1.29, 1.82) is 0 Å². The molecule has 1 unspecified atom stereocenters. The standard InChI is InChI=1S/C15H21N3O2/c1-11(20)9-17(3)15-14(10-19)12(2)16-18(15)13-7-5-4-6-8-13/h4-8,11,19-20H,9-10H2,1-3H3.